The fraction of sp³-hybridized carbons (Fsp3) is 0.692. The molecule has 0 aliphatic heterocycles. The zero-order chi connectivity index (χ0) is 12.4. The first kappa shape index (κ1) is 12.1. The normalized spacial score (nSPS) is 23.8. The van der Waals surface area contributed by atoms with Gasteiger partial charge in [-0.1, -0.05) is 6.92 Å². The van der Waals surface area contributed by atoms with Gasteiger partial charge in [-0.3, -0.25) is 0 Å². The van der Waals surface area contributed by atoms with Crippen LogP contribution in [0, 0.1) is 19.8 Å². The standard InChI is InChI=1S/C13H22N4/c1-8-5-6-11(7-8)17-13-9(2)12(14-4)15-10(3)16-13/h8,11H,5-7H2,1-4H3,(H2,14,15,16,17). The topological polar surface area (TPSA) is 49.8 Å². The van der Waals surface area contributed by atoms with Gasteiger partial charge in [0.15, 0.2) is 0 Å². The van der Waals surface area contributed by atoms with Gasteiger partial charge >= 0.3 is 0 Å². The maximum atomic E-state index is 4.51. The molecule has 2 atom stereocenters. The third-order valence-electron chi connectivity index (χ3n) is 3.53. The Morgan fingerprint density at radius 1 is 1.12 bits per heavy atom. The van der Waals surface area contributed by atoms with E-state index in [0.717, 1.165) is 28.9 Å². The van der Waals surface area contributed by atoms with Crippen molar-refractivity contribution >= 4 is 11.6 Å². The molecule has 1 fully saturated rings. The Balaban J connectivity index is 2.17. The van der Waals surface area contributed by atoms with Crippen molar-refractivity contribution in [2.24, 2.45) is 5.92 Å². The summed E-state index contributed by atoms with van der Waals surface area (Å²) in [6.45, 7) is 6.31. The van der Waals surface area contributed by atoms with Gasteiger partial charge in [-0.2, -0.15) is 0 Å². The van der Waals surface area contributed by atoms with Crippen LogP contribution in [0.4, 0.5) is 11.6 Å². The van der Waals surface area contributed by atoms with Crippen molar-refractivity contribution in [3.63, 3.8) is 0 Å². The molecule has 4 heteroatoms. The lowest BCUT2D eigenvalue weighted by molar-refractivity contribution is 0.602. The zero-order valence-electron chi connectivity index (χ0n) is 11.2. The Kier molecular flexibility index (Phi) is 3.50. The monoisotopic (exact) mass is 234 g/mol. The lowest BCUT2D eigenvalue weighted by Gasteiger charge is -2.17. The minimum absolute atomic E-state index is 0.572. The summed E-state index contributed by atoms with van der Waals surface area (Å²) in [5, 5.41) is 6.68. The van der Waals surface area contributed by atoms with Crippen molar-refractivity contribution in [3.05, 3.63) is 11.4 Å². The molecule has 0 amide bonds. The molecule has 0 aromatic carbocycles. The Morgan fingerprint density at radius 3 is 2.41 bits per heavy atom. The minimum Gasteiger partial charge on any atom is -0.373 e. The Labute approximate surface area is 103 Å². The highest BCUT2D eigenvalue weighted by Gasteiger charge is 2.22. The van der Waals surface area contributed by atoms with Crippen LogP contribution in [0.15, 0.2) is 0 Å². The van der Waals surface area contributed by atoms with Crippen molar-refractivity contribution in [2.75, 3.05) is 17.7 Å². The number of nitrogens with one attached hydrogen (secondary N) is 2. The fourth-order valence-electron chi connectivity index (χ4n) is 2.54. The van der Waals surface area contributed by atoms with Gasteiger partial charge in [-0.15, -0.1) is 0 Å². The summed E-state index contributed by atoms with van der Waals surface area (Å²) >= 11 is 0. The molecule has 1 aromatic heterocycles. The molecule has 0 bridgehead atoms. The van der Waals surface area contributed by atoms with Gasteiger partial charge in [-0.05, 0) is 39.0 Å². The first-order valence-corrected chi connectivity index (χ1v) is 6.39. The molecule has 0 spiro atoms. The molecular weight excluding hydrogens is 212 g/mol. The first-order valence-electron chi connectivity index (χ1n) is 6.39. The van der Waals surface area contributed by atoms with Crippen LogP contribution in [-0.2, 0) is 0 Å². The molecule has 94 valence electrons. The van der Waals surface area contributed by atoms with E-state index in [0.29, 0.717) is 6.04 Å². The Hall–Kier alpha value is -1.32. The van der Waals surface area contributed by atoms with Crippen LogP contribution < -0.4 is 10.6 Å². The summed E-state index contributed by atoms with van der Waals surface area (Å²) in [5.74, 6) is 3.56. The van der Waals surface area contributed by atoms with Gasteiger partial charge in [0.05, 0.1) is 0 Å². The average Bonchev–Trinajstić information content (AvgIpc) is 2.69. The van der Waals surface area contributed by atoms with Crippen molar-refractivity contribution < 1.29 is 0 Å². The van der Waals surface area contributed by atoms with Crippen molar-refractivity contribution in [1.29, 1.82) is 0 Å². The van der Waals surface area contributed by atoms with E-state index in [2.05, 4.69) is 34.4 Å². The number of nitrogens with zero attached hydrogens (tertiary/aromatic N) is 2. The van der Waals surface area contributed by atoms with Crippen LogP contribution in [0.5, 0.6) is 0 Å². The lowest BCUT2D eigenvalue weighted by atomic mass is 10.1. The third-order valence-corrected chi connectivity index (χ3v) is 3.53. The van der Waals surface area contributed by atoms with Gasteiger partial charge in [0.25, 0.3) is 0 Å². The van der Waals surface area contributed by atoms with Crippen LogP contribution in [0.2, 0.25) is 0 Å². The molecule has 1 aliphatic rings. The molecular formula is C13H22N4. The summed E-state index contributed by atoms with van der Waals surface area (Å²) in [6, 6.07) is 0.572. The number of rotatable bonds is 3. The smallest absolute Gasteiger partial charge is 0.134 e. The summed E-state index contributed by atoms with van der Waals surface area (Å²) in [7, 11) is 1.90. The quantitative estimate of drug-likeness (QED) is 0.844. The predicted molar refractivity (Wildman–Crippen MR) is 71.5 cm³/mol. The molecule has 17 heavy (non-hydrogen) atoms. The van der Waals surface area contributed by atoms with E-state index in [1.54, 1.807) is 0 Å². The van der Waals surface area contributed by atoms with Crippen LogP contribution in [0.25, 0.3) is 0 Å². The van der Waals surface area contributed by atoms with E-state index >= 15 is 0 Å². The predicted octanol–water partition coefficient (Wildman–Crippen LogP) is 2.74. The number of aryl methyl sites for hydroxylation is 1. The highest BCUT2D eigenvalue weighted by molar-refractivity contribution is 5.57. The number of hydrogen-bond acceptors (Lipinski definition) is 4. The van der Waals surface area contributed by atoms with E-state index in [9.17, 15) is 0 Å². The first-order chi connectivity index (χ1) is 8.10. The van der Waals surface area contributed by atoms with E-state index in [4.69, 9.17) is 0 Å². The number of aromatic nitrogens is 2. The molecule has 0 radical (unpaired) electrons. The average molecular weight is 234 g/mol. The second-order valence-electron chi connectivity index (χ2n) is 5.10. The van der Waals surface area contributed by atoms with E-state index < -0.39 is 0 Å². The van der Waals surface area contributed by atoms with Gasteiger partial charge in [0.2, 0.25) is 0 Å². The van der Waals surface area contributed by atoms with Crippen LogP contribution in [0.3, 0.4) is 0 Å². The summed E-state index contributed by atoms with van der Waals surface area (Å²) in [5.41, 5.74) is 1.11. The molecule has 1 aliphatic carbocycles. The Bertz CT molecular complexity index is 403. The van der Waals surface area contributed by atoms with Crippen LogP contribution in [0.1, 0.15) is 37.6 Å². The van der Waals surface area contributed by atoms with Crippen LogP contribution >= 0.6 is 0 Å². The second-order valence-corrected chi connectivity index (χ2v) is 5.10. The second kappa shape index (κ2) is 4.90. The van der Waals surface area contributed by atoms with Crippen molar-refractivity contribution in [3.8, 4) is 0 Å². The van der Waals surface area contributed by atoms with Gasteiger partial charge in [-0.25, -0.2) is 9.97 Å². The highest BCUT2D eigenvalue weighted by Crippen LogP contribution is 2.29. The molecule has 2 N–H and O–H groups in total. The third kappa shape index (κ3) is 2.68. The van der Waals surface area contributed by atoms with Gasteiger partial charge < -0.3 is 10.6 Å². The number of hydrogen-bond donors (Lipinski definition) is 2. The summed E-state index contributed by atoms with van der Waals surface area (Å²) in [4.78, 5) is 8.89. The van der Waals surface area contributed by atoms with Crippen LogP contribution in [-0.4, -0.2) is 23.1 Å². The van der Waals surface area contributed by atoms with Gasteiger partial charge in [0, 0.05) is 18.7 Å². The van der Waals surface area contributed by atoms with E-state index in [1.165, 1.54) is 19.3 Å². The SMILES string of the molecule is CNc1nc(C)nc(NC2CCC(C)C2)c1C. The van der Waals surface area contributed by atoms with E-state index in [-0.39, 0.29) is 0 Å². The number of anilines is 2. The Morgan fingerprint density at radius 2 is 1.82 bits per heavy atom. The highest BCUT2D eigenvalue weighted by atomic mass is 15.1. The summed E-state index contributed by atoms with van der Waals surface area (Å²) < 4.78 is 0. The van der Waals surface area contributed by atoms with Gasteiger partial charge in [0.1, 0.15) is 17.5 Å². The minimum atomic E-state index is 0.572. The largest absolute Gasteiger partial charge is 0.373 e. The molecule has 4 nitrogen and oxygen atoms in total. The molecule has 0 saturated heterocycles. The molecule has 2 rings (SSSR count). The molecule has 2 unspecified atom stereocenters. The maximum absolute atomic E-state index is 4.51. The van der Waals surface area contributed by atoms with E-state index in [1.807, 2.05) is 14.0 Å². The molecule has 1 saturated carbocycles. The van der Waals surface area contributed by atoms with Crippen molar-refractivity contribution in [1.82, 2.24) is 9.97 Å². The summed E-state index contributed by atoms with van der Waals surface area (Å²) in [6.07, 6.45) is 3.82. The molecule has 1 aromatic rings. The fourth-order valence-corrected chi connectivity index (χ4v) is 2.54. The maximum Gasteiger partial charge on any atom is 0.134 e. The zero-order valence-corrected chi connectivity index (χ0v) is 11.2. The lowest BCUT2D eigenvalue weighted by Crippen LogP contribution is -2.18. The van der Waals surface area contributed by atoms with Crippen molar-refractivity contribution in [2.45, 2.75) is 46.1 Å². The molecule has 1 heterocycles.